The zero-order valence-electron chi connectivity index (χ0n) is 13.0. The molecule has 0 spiro atoms. The lowest BCUT2D eigenvalue weighted by Crippen LogP contribution is -2.44. The Kier molecular flexibility index (Phi) is 7.15. The fourth-order valence-corrected chi connectivity index (χ4v) is 1.66. The number of aryl methyl sites for hydroxylation is 1. The first-order valence-corrected chi connectivity index (χ1v) is 7.17. The monoisotopic (exact) mass is 334 g/mol. The van der Waals surface area contributed by atoms with E-state index in [0.717, 1.165) is 5.56 Å². The lowest BCUT2D eigenvalue weighted by atomic mass is 10.2. The number of aliphatic hydroxyl groups excluding tert-OH is 1. The molecule has 2 atom stereocenters. The van der Waals surface area contributed by atoms with E-state index < -0.39 is 24.7 Å². The summed E-state index contributed by atoms with van der Waals surface area (Å²) in [5.41, 5.74) is 1.10. The van der Waals surface area contributed by atoms with E-state index in [-0.39, 0.29) is 19.2 Å². The van der Waals surface area contributed by atoms with Crippen LogP contribution in [-0.4, -0.2) is 42.6 Å². The van der Waals surface area contributed by atoms with Crippen molar-refractivity contribution < 1.29 is 27.8 Å². The SMILES string of the molecule is Cc1ccc(OC[C@@H](C)NC(=O)NCC[C@@H](O)C(F)(F)F)cc1. The van der Waals surface area contributed by atoms with Gasteiger partial charge in [0, 0.05) is 6.54 Å². The predicted molar refractivity (Wildman–Crippen MR) is 79.3 cm³/mol. The lowest BCUT2D eigenvalue weighted by Gasteiger charge is -2.17. The Morgan fingerprint density at radius 1 is 1.30 bits per heavy atom. The molecule has 8 heteroatoms. The van der Waals surface area contributed by atoms with Crippen LogP contribution >= 0.6 is 0 Å². The summed E-state index contributed by atoms with van der Waals surface area (Å²) in [5, 5.41) is 13.6. The molecule has 0 heterocycles. The molecule has 0 aliphatic heterocycles. The van der Waals surface area contributed by atoms with Crippen LogP contribution in [0.2, 0.25) is 0 Å². The van der Waals surface area contributed by atoms with Crippen LogP contribution in [0.15, 0.2) is 24.3 Å². The van der Waals surface area contributed by atoms with Crippen LogP contribution < -0.4 is 15.4 Å². The number of carbonyl (C=O) groups is 1. The smallest absolute Gasteiger partial charge is 0.414 e. The Labute approximate surface area is 132 Å². The number of hydrogen-bond acceptors (Lipinski definition) is 3. The molecule has 2 amide bonds. The van der Waals surface area contributed by atoms with Gasteiger partial charge in [0.2, 0.25) is 0 Å². The van der Waals surface area contributed by atoms with Gasteiger partial charge in [-0.25, -0.2) is 4.79 Å². The van der Waals surface area contributed by atoms with E-state index in [2.05, 4.69) is 10.6 Å². The molecule has 0 radical (unpaired) electrons. The Morgan fingerprint density at radius 2 is 1.91 bits per heavy atom. The van der Waals surface area contributed by atoms with Gasteiger partial charge in [-0.3, -0.25) is 0 Å². The topological polar surface area (TPSA) is 70.6 Å². The first-order valence-electron chi connectivity index (χ1n) is 7.17. The van der Waals surface area contributed by atoms with Crippen molar-refractivity contribution in [2.24, 2.45) is 0 Å². The Bertz CT molecular complexity index is 492. The third kappa shape index (κ3) is 7.73. The van der Waals surface area contributed by atoms with Crippen LogP contribution in [-0.2, 0) is 0 Å². The minimum atomic E-state index is -4.67. The maximum atomic E-state index is 12.1. The molecule has 3 N–H and O–H groups in total. The quantitative estimate of drug-likeness (QED) is 0.717. The molecule has 0 fully saturated rings. The van der Waals surface area contributed by atoms with Crippen LogP contribution in [0.5, 0.6) is 5.75 Å². The maximum absolute atomic E-state index is 12.1. The van der Waals surface area contributed by atoms with Gasteiger partial charge in [-0.1, -0.05) is 17.7 Å². The maximum Gasteiger partial charge on any atom is 0.414 e. The first-order chi connectivity index (χ1) is 10.7. The molecule has 1 aromatic carbocycles. The molecule has 5 nitrogen and oxygen atoms in total. The van der Waals surface area contributed by atoms with Crippen LogP contribution in [0.4, 0.5) is 18.0 Å². The van der Waals surface area contributed by atoms with Crippen molar-refractivity contribution in [1.29, 1.82) is 0 Å². The number of urea groups is 1. The molecule has 0 saturated heterocycles. The van der Waals surface area contributed by atoms with Crippen molar-refractivity contribution >= 4 is 6.03 Å². The van der Waals surface area contributed by atoms with Crippen molar-refractivity contribution in [1.82, 2.24) is 10.6 Å². The first kappa shape index (κ1) is 19.1. The van der Waals surface area contributed by atoms with E-state index in [1.165, 1.54) is 0 Å². The van der Waals surface area contributed by atoms with E-state index in [1.807, 2.05) is 19.1 Å². The zero-order chi connectivity index (χ0) is 17.5. The molecular weight excluding hydrogens is 313 g/mol. The Balaban J connectivity index is 2.22. The molecule has 0 aromatic heterocycles. The van der Waals surface area contributed by atoms with E-state index in [4.69, 9.17) is 9.84 Å². The molecule has 23 heavy (non-hydrogen) atoms. The van der Waals surface area contributed by atoms with Gasteiger partial charge in [0.25, 0.3) is 0 Å². The molecular formula is C15H21F3N2O3. The summed E-state index contributed by atoms with van der Waals surface area (Å²) in [6.07, 6.45) is -7.71. The number of aliphatic hydroxyl groups is 1. The Morgan fingerprint density at radius 3 is 2.48 bits per heavy atom. The van der Waals surface area contributed by atoms with Crippen molar-refractivity contribution in [3.63, 3.8) is 0 Å². The molecule has 130 valence electrons. The molecule has 0 bridgehead atoms. The van der Waals surface area contributed by atoms with Gasteiger partial charge in [0.05, 0.1) is 6.04 Å². The second kappa shape index (κ2) is 8.61. The summed E-state index contributed by atoms with van der Waals surface area (Å²) < 4.78 is 41.7. The van der Waals surface area contributed by atoms with Gasteiger partial charge < -0.3 is 20.5 Å². The summed E-state index contributed by atoms with van der Waals surface area (Å²) in [5.74, 6) is 0.665. The third-order valence-electron chi connectivity index (χ3n) is 2.98. The minimum Gasteiger partial charge on any atom is -0.491 e. The van der Waals surface area contributed by atoms with E-state index in [1.54, 1.807) is 19.1 Å². The number of halogens is 3. The second-order valence-electron chi connectivity index (χ2n) is 5.27. The third-order valence-corrected chi connectivity index (χ3v) is 2.98. The summed E-state index contributed by atoms with van der Waals surface area (Å²) in [4.78, 5) is 11.5. The van der Waals surface area contributed by atoms with Crippen LogP contribution in [0.3, 0.4) is 0 Å². The van der Waals surface area contributed by atoms with Gasteiger partial charge >= 0.3 is 12.2 Å². The van der Waals surface area contributed by atoms with Crippen LogP contribution in [0, 0.1) is 6.92 Å². The summed E-state index contributed by atoms with van der Waals surface area (Å²) in [7, 11) is 0. The predicted octanol–water partition coefficient (Wildman–Crippen LogP) is 2.37. The van der Waals surface area contributed by atoms with Crippen LogP contribution in [0.1, 0.15) is 18.9 Å². The highest BCUT2D eigenvalue weighted by Gasteiger charge is 2.37. The molecule has 0 aliphatic carbocycles. The van der Waals surface area contributed by atoms with E-state index >= 15 is 0 Å². The normalized spacial score (nSPS) is 14.0. The van der Waals surface area contributed by atoms with Gasteiger partial charge in [-0.15, -0.1) is 0 Å². The fraction of sp³-hybridized carbons (Fsp3) is 0.533. The van der Waals surface area contributed by atoms with E-state index in [9.17, 15) is 18.0 Å². The average molecular weight is 334 g/mol. The summed E-state index contributed by atoms with van der Waals surface area (Å²) >= 11 is 0. The molecule has 1 aromatic rings. The summed E-state index contributed by atoms with van der Waals surface area (Å²) in [6.45, 7) is 3.60. The number of rotatable bonds is 7. The lowest BCUT2D eigenvalue weighted by molar-refractivity contribution is -0.204. The largest absolute Gasteiger partial charge is 0.491 e. The highest BCUT2D eigenvalue weighted by atomic mass is 19.4. The fourth-order valence-electron chi connectivity index (χ4n) is 1.66. The average Bonchev–Trinajstić information content (AvgIpc) is 2.45. The van der Waals surface area contributed by atoms with Crippen molar-refractivity contribution in [2.75, 3.05) is 13.2 Å². The standard InChI is InChI=1S/C15H21F3N2O3/c1-10-3-5-12(6-4-10)23-9-11(2)20-14(22)19-8-7-13(21)15(16,17)18/h3-6,11,13,21H,7-9H2,1-2H3,(H2,19,20,22)/t11-,13-/m1/s1. The second-order valence-corrected chi connectivity index (χ2v) is 5.27. The number of carbonyl (C=O) groups excluding carboxylic acids is 1. The summed E-state index contributed by atoms with van der Waals surface area (Å²) in [6, 6.07) is 6.46. The molecule has 0 saturated carbocycles. The Hall–Kier alpha value is -1.96. The number of nitrogens with one attached hydrogen (secondary N) is 2. The number of benzene rings is 1. The van der Waals surface area contributed by atoms with Gasteiger partial charge in [-0.05, 0) is 32.4 Å². The zero-order valence-corrected chi connectivity index (χ0v) is 13.0. The van der Waals surface area contributed by atoms with Crippen molar-refractivity contribution in [3.05, 3.63) is 29.8 Å². The number of alkyl halides is 3. The molecule has 0 aliphatic rings. The molecule has 0 unspecified atom stereocenters. The number of amides is 2. The van der Waals surface area contributed by atoms with E-state index in [0.29, 0.717) is 5.75 Å². The van der Waals surface area contributed by atoms with Crippen LogP contribution in [0.25, 0.3) is 0 Å². The number of ether oxygens (including phenoxy) is 1. The van der Waals surface area contributed by atoms with Gasteiger partial charge in [-0.2, -0.15) is 13.2 Å². The van der Waals surface area contributed by atoms with Crippen molar-refractivity contribution in [3.8, 4) is 5.75 Å². The van der Waals surface area contributed by atoms with Crippen molar-refractivity contribution in [2.45, 2.75) is 38.6 Å². The van der Waals surface area contributed by atoms with Gasteiger partial charge in [0.15, 0.2) is 6.10 Å². The number of hydrogen-bond donors (Lipinski definition) is 3. The highest BCUT2D eigenvalue weighted by molar-refractivity contribution is 5.74. The minimum absolute atomic E-state index is 0.224. The molecule has 1 rings (SSSR count). The highest BCUT2D eigenvalue weighted by Crippen LogP contribution is 2.21. The van der Waals surface area contributed by atoms with Gasteiger partial charge in [0.1, 0.15) is 12.4 Å².